The summed E-state index contributed by atoms with van der Waals surface area (Å²) in [5.41, 5.74) is 1.27. The maximum atomic E-state index is 9.40. The van der Waals surface area contributed by atoms with Gasteiger partial charge < -0.3 is 10.0 Å². The zero-order chi connectivity index (χ0) is 9.97. The predicted octanol–water partition coefficient (Wildman–Crippen LogP) is 2.82. The molecule has 1 aliphatic rings. The van der Waals surface area contributed by atoms with E-state index >= 15 is 0 Å². The Morgan fingerprint density at radius 3 is 2.87 bits per heavy atom. The average Bonchev–Trinajstić information content (AvgIpc) is 2.18. The van der Waals surface area contributed by atoms with E-state index in [4.69, 9.17) is 0 Å². The molecular weight excluding hydrogens is 301 g/mol. The van der Waals surface area contributed by atoms with Crippen molar-refractivity contribution in [1.82, 2.24) is 4.90 Å². The van der Waals surface area contributed by atoms with Crippen LogP contribution in [-0.4, -0.2) is 30.1 Å². The van der Waals surface area contributed by atoms with Crippen LogP contribution in [0.5, 0.6) is 5.75 Å². The van der Waals surface area contributed by atoms with Gasteiger partial charge in [-0.25, -0.2) is 0 Å². The van der Waals surface area contributed by atoms with E-state index in [-0.39, 0.29) is 24.0 Å². The van der Waals surface area contributed by atoms with E-state index in [9.17, 15) is 5.11 Å². The van der Waals surface area contributed by atoms with Crippen LogP contribution in [0.1, 0.15) is 24.3 Å². The smallest absolute Gasteiger partial charge is 0.115 e. The summed E-state index contributed by atoms with van der Waals surface area (Å²) < 4.78 is 0. The van der Waals surface area contributed by atoms with Crippen LogP contribution >= 0.6 is 24.0 Å². The van der Waals surface area contributed by atoms with E-state index in [0.29, 0.717) is 11.7 Å². The summed E-state index contributed by atoms with van der Waals surface area (Å²) in [7, 11) is 2.16. The Morgan fingerprint density at radius 1 is 1.40 bits per heavy atom. The zero-order valence-electron chi connectivity index (χ0n) is 9.02. The second-order valence-electron chi connectivity index (χ2n) is 4.20. The number of rotatable bonds is 1. The van der Waals surface area contributed by atoms with Gasteiger partial charge in [0.25, 0.3) is 0 Å². The molecule has 1 atom stereocenters. The summed E-state index contributed by atoms with van der Waals surface area (Å²) >= 11 is 0. The van der Waals surface area contributed by atoms with Crippen molar-refractivity contribution in [3.63, 3.8) is 0 Å². The topological polar surface area (TPSA) is 23.5 Å². The molecule has 1 unspecified atom stereocenters. The van der Waals surface area contributed by atoms with E-state index in [1.165, 1.54) is 24.9 Å². The van der Waals surface area contributed by atoms with Gasteiger partial charge in [-0.05, 0) is 50.0 Å². The molecule has 0 bridgehead atoms. The minimum Gasteiger partial charge on any atom is -0.508 e. The third-order valence-electron chi connectivity index (χ3n) is 2.97. The number of hydrogen-bond acceptors (Lipinski definition) is 2. The highest BCUT2D eigenvalue weighted by Crippen LogP contribution is 2.27. The van der Waals surface area contributed by atoms with E-state index in [1.807, 2.05) is 12.1 Å². The molecule has 1 aliphatic heterocycles. The molecule has 0 radical (unpaired) electrons. The van der Waals surface area contributed by atoms with Crippen molar-refractivity contribution in [2.75, 3.05) is 20.1 Å². The highest BCUT2D eigenvalue weighted by molar-refractivity contribution is 14.0. The summed E-state index contributed by atoms with van der Waals surface area (Å²) in [6.45, 7) is 2.32. The molecule has 84 valence electrons. The maximum Gasteiger partial charge on any atom is 0.115 e. The number of benzene rings is 1. The lowest BCUT2D eigenvalue weighted by atomic mass is 9.91. The Balaban J connectivity index is 0.00000112. The first kappa shape index (κ1) is 12.8. The molecule has 3 heteroatoms. The first-order chi connectivity index (χ1) is 6.75. The molecule has 1 N–H and O–H groups in total. The molecule has 1 aromatic carbocycles. The van der Waals surface area contributed by atoms with E-state index < -0.39 is 0 Å². The second kappa shape index (κ2) is 5.70. The molecule has 0 aliphatic carbocycles. The second-order valence-corrected chi connectivity index (χ2v) is 4.20. The normalized spacial score (nSPS) is 22.1. The number of aromatic hydroxyl groups is 1. The minimum absolute atomic E-state index is 0. The Morgan fingerprint density at radius 2 is 2.20 bits per heavy atom. The molecule has 15 heavy (non-hydrogen) atoms. The molecule has 0 aromatic heterocycles. The summed E-state index contributed by atoms with van der Waals surface area (Å²) in [5.74, 6) is 0.983. The predicted molar refractivity (Wildman–Crippen MR) is 73.0 cm³/mol. The number of likely N-dealkylation sites (tertiary alicyclic amines) is 1. The molecule has 1 saturated heterocycles. The Labute approximate surface area is 108 Å². The van der Waals surface area contributed by atoms with Gasteiger partial charge in [-0.15, -0.1) is 24.0 Å². The molecule has 0 spiro atoms. The molecule has 1 aromatic rings. The van der Waals surface area contributed by atoms with Crippen LogP contribution in [0.25, 0.3) is 0 Å². The van der Waals surface area contributed by atoms with Gasteiger partial charge in [-0.3, -0.25) is 0 Å². The number of halogens is 1. The lowest BCUT2D eigenvalue weighted by Crippen LogP contribution is -2.30. The fourth-order valence-corrected chi connectivity index (χ4v) is 2.22. The fraction of sp³-hybridized carbons (Fsp3) is 0.500. The van der Waals surface area contributed by atoms with Gasteiger partial charge in [-0.1, -0.05) is 12.1 Å². The Hall–Kier alpha value is -0.290. The van der Waals surface area contributed by atoms with Crippen molar-refractivity contribution in [1.29, 1.82) is 0 Å². The van der Waals surface area contributed by atoms with Crippen molar-refractivity contribution in [3.8, 4) is 5.75 Å². The molecule has 1 fully saturated rings. The molecule has 0 amide bonds. The number of likely N-dealkylation sites (N-methyl/N-ethyl adjacent to an activating group) is 1. The van der Waals surface area contributed by atoms with Gasteiger partial charge in [-0.2, -0.15) is 0 Å². The lowest BCUT2D eigenvalue weighted by molar-refractivity contribution is 0.250. The number of nitrogens with zero attached hydrogens (tertiary/aromatic N) is 1. The quantitative estimate of drug-likeness (QED) is 0.805. The van der Waals surface area contributed by atoms with Crippen LogP contribution in [0, 0.1) is 0 Å². The first-order valence-electron chi connectivity index (χ1n) is 5.23. The van der Waals surface area contributed by atoms with Crippen molar-refractivity contribution in [3.05, 3.63) is 29.8 Å². The van der Waals surface area contributed by atoms with E-state index in [0.717, 1.165) is 6.54 Å². The highest BCUT2D eigenvalue weighted by Gasteiger charge is 2.18. The van der Waals surface area contributed by atoms with Gasteiger partial charge in [0.2, 0.25) is 0 Å². The maximum absolute atomic E-state index is 9.40. The molecule has 0 saturated carbocycles. The zero-order valence-corrected chi connectivity index (χ0v) is 11.3. The monoisotopic (exact) mass is 319 g/mol. The van der Waals surface area contributed by atoms with Crippen molar-refractivity contribution in [2.24, 2.45) is 0 Å². The SMILES string of the molecule is CN1CCCC(c2cccc(O)c2)C1.I. The number of phenolic OH excluding ortho intramolecular Hbond substituents is 1. The highest BCUT2D eigenvalue weighted by atomic mass is 127. The largest absolute Gasteiger partial charge is 0.508 e. The Bertz CT molecular complexity index is 316. The van der Waals surface area contributed by atoms with Gasteiger partial charge in [0.15, 0.2) is 0 Å². The molecule has 2 rings (SSSR count). The summed E-state index contributed by atoms with van der Waals surface area (Å²) in [5, 5.41) is 9.40. The van der Waals surface area contributed by atoms with Crippen LogP contribution in [0.4, 0.5) is 0 Å². The summed E-state index contributed by atoms with van der Waals surface area (Å²) in [6, 6.07) is 7.67. The molecular formula is C12H18INO. The van der Waals surface area contributed by atoms with Crippen LogP contribution in [0.15, 0.2) is 24.3 Å². The van der Waals surface area contributed by atoms with Crippen LogP contribution in [-0.2, 0) is 0 Å². The lowest BCUT2D eigenvalue weighted by Gasteiger charge is -2.29. The molecule has 1 heterocycles. The molecule has 2 nitrogen and oxygen atoms in total. The van der Waals surface area contributed by atoms with Gasteiger partial charge in [0.1, 0.15) is 5.75 Å². The third-order valence-corrected chi connectivity index (χ3v) is 2.97. The Kier molecular flexibility index (Phi) is 4.86. The van der Waals surface area contributed by atoms with Crippen LogP contribution < -0.4 is 0 Å². The van der Waals surface area contributed by atoms with E-state index in [1.54, 1.807) is 6.07 Å². The average molecular weight is 319 g/mol. The number of piperidine rings is 1. The number of hydrogen-bond donors (Lipinski definition) is 1. The van der Waals surface area contributed by atoms with Crippen molar-refractivity contribution in [2.45, 2.75) is 18.8 Å². The third kappa shape index (κ3) is 3.34. The minimum atomic E-state index is 0. The summed E-state index contributed by atoms with van der Waals surface area (Å²) in [6.07, 6.45) is 2.50. The first-order valence-corrected chi connectivity index (χ1v) is 5.23. The fourth-order valence-electron chi connectivity index (χ4n) is 2.22. The van der Waals surface area contributed by atoms with Gasteiger partial charge in [0.05, 0.1) is 0 Å². The number of phenols is 1. The van der Waals surface area contributed by atoms with Gasteiger partial charge >= 0.3 is 0 Å². The van der Waals surface area contributed by atoms with Crippen LogP contribution in [0.3, 0.4) is 0 Å². The van der Waals surface area contributed by atoms with E-state index in [2.05, 4.69) is 18.0 Å². The van der Waals surface area contributed by atoms with Crippen molar-refractivity contribution >= 4 is 24.0 Å². The van der Waals surface area contributed by atoms with Crippen LogP contribution in [0.2, 0.25) is 0 Å². The van der Waals surface area contributed by atoms with Crippen molar-refractivity contribution < 1.29 is 5.11 Å². The van der Waals surface area contributed by atoms with Gasteiger partial charge in [0, 0.05) is 6.54 Å². The standard InChI is InChI=1S/C12H17NO.HI/c1-13-7-3-5-11(9-13)10-4-2-6-12(14)8-10;/h2,4,6,8,11,14H,3,5,7,9H2,1H3;1H. The summed E-state index contributed by atoms with van der Waals surface area (Å²) in [4.78, 5) is 2.36.